The van der Waals surface area contributed by atoms with Gasteiger partial charge in [0.2, 0.25) is 5.91 Å². The van der Waals surface area contributed by atoms with Gasteiger partial charge in [0.15, 0.2) is 0 Å². The minimum absolute atomic E-state index is 0.0552. The van der Waals surface area contributed by atoms with Crippen LogP contribution < -0.4 is 5.32 Å². The van der Waals surface area contributed by atoms with Gasteiger partial charge in [-0.3, -0.25) is 9.69 Å². The second kappa shape index (κ2) is 7.42. The van der Waals surface area contributed by atoms with E-state index in [1.54, 1.807) is 0 Å². The molecule has 2 aromatic carbocycles. The summed E-state index contributed by atoms with van der Waals surface area (Å²) >= 11 is 0. The molecule has 23 heavy (non-hydrogen) atoms. The number of nitrogens with one attached hydrogen (secondary N) is 1. The first kappa shape index (κ1) is 15.8. The lowest BCUT2D eigenvalue weighted by Crippen LogP contribution is -2.40. The van der Waals surface area contributed by atoms with E-state index in [-0.39, 0.29) is 5.91 Å². The van der Waals surface area contributed by atoms with Gasteiger partial charge in [-0.05, 0) is 43.4 Å². The highest BCUT2D eigenvalue weighted by Crippen LogP contribution is 2.35. The third kappa shape index (κ3) is 4.67. The first-order valence-corrected chi connectivity index (χ1v) is 8.35. The van der Waals surface area contributed by atoms with Crippen molar-refractivity contribution in [2.45, 2.75) is 32.4 Å². The zero-order valence-electron chi connectivity index (χ0n) is 13.6. The molecule has 3 heteroatoms. The fourth-order valence-electron chi connectivity index (χ4n) is 2.95. The standard InChI is InChI=1S/C20H24N2O/c1-16(18-12-13-18)22(14-17-8-4-2-5-9-17)15-20(23)21-19-10-6-3-7-11-19/h2-11,16,18H,12-15H2,1H3,(H,21,23). The maximum atomic E-state index is 12.4. The molecule has 1 aliphatic carbocycles. The minimum Gasteiger partial charge on any atom is -0.325 e. The molecule has 1 saturated carbocycles. The molecule has 1 atom stereocenters. The summed E-state index contributed by atoms with van der Waals surface area (Å²) in [5.74, 6) is 0.794. The van der Waals surface area contributed by atoms with Crippen LogP contribution in [0, 0.1) is 5.92 Å². The second-order valence-corrected chi connectivity index (χ2v) is 6.38. The Morgan fingerprint density at radius 2 is 1.70 bits per heavy atom. The smallest absolute Gasteiger partial charge is 0.238 e. The van der Waals surface area contributed by atoms with Gasteiger partial charge in [0.05, 0.1) is 6.54 Å². The van der Waals surface area contributed by atoms with E-state index in [2.05, 4.69) is 41.4 Å². The van der Waals surface area contributed by atoms with E-state index in [1.165, 1.54) is 18.4 Å². The highest BCUT2D eigenvalue weighted by molar-refractivity contribution is 5.92. The normalized spacial score (nSPS) is 15.4. The van der Waals surface area contributed by atoms with Crippen LogP contribution in [0.4, 0.5) is 5.69 Å². The van der Waals surface area contributed by atoms with Gasteiger partial charge in [-0.1, -0.05) is 48.5 Å². The van der Waals surface area contributed by atoms with Crippen molar-refractivity contribution in [2.75, 3.05) is 11.9 Å². The Labute approximate surface area is 138 Å². The van der Waals surface area contributed by atoms with Crippen molar-refractivity contribution in [1.29, 1.82) is 0 Å². The number of carbonyl (C=O) groups is 1. The Hall–Kier alpha value is -2.13. The molecule has 0 radical (unpaired) electrons. The quantitative estimate of drug-likeness (QED) is 0.840. The first-order chi connectivity index (χ1) is 11.2. The number of para-hydroxylation sites is 1. The van der Waals surface area contributed by atoms with E-state index in [9.17, 15) is 4.79 Å². The summed E-state index contributed by atoms with van der Waals surface area (Å²) in [5, 5.41) is 2.99. The van der Waals surface area contributed by atoms with E-state index in [0.717, 1.165) is 18.2 Å². The van der Waals surface area contributed by atoms with E-state index < -0.39 is 0 Å². The van der Waals surface area contributed by atoms with Crippen molar-refractivity contribution in [1.82, 2.24) is 4.90 Å². The summed E-state index contributed by atoms with van der Waals surface area (Å²) in [5.41, 5.74) is 2.11. The molecule has 1 amide bonds. The monoisotopic (exact) mass is 308 g/mol. The Bertz CT molecular complexity index is 623. The molecule has 1 aliphatic rings. The molecule has 3 nitrogen and oxygen atoms in total. The van der Waals surface area contributed by atoms with Gasteiger partial charge in [0, 0.05) is 18.3 Å². The summed E-state index contributed by atoms with van der Waals surface area (Å²) in [7, 11) is 0. The summed E-state index contributed by atoms with van der Waals surface area (Å²) in [6.07, 6.45) is 2.57. The van der Waals surface area contributed by atoms with E-state index in [4.69, 9.17) is 0 Å². The SMILES string of the molecule is CC(C1CC1)N(CC(=O)Nc1ccccc1)Cc1ccccc1. The topological polar surface area (TPSA) is 32.3 Å². The van der Waals surface area contributed by atoms with Gasteiger partial charge in [0.25, 0.3) is 0 Å². The molecule has 1 unspecified atom stereocenters. The van der Waals surface area contributed by atoms with Gasteiger partial charge >= 0.3 is 0 Å². The molecule has 0 bridgehead atoms. The molecule has 0 heterocycles. The highest BCUT2D eigenvalue weighted by Gasteiger charge is 2.32. The summed E-state index contributed by atoms with van der Waals surface area (Å²) in [6.45, 7) is 3.50. The van der Waals surface area contributed by atoms with Crippen LogP contribution in [-0.2, 0) is 11.3 Å². The van der Waals surface area contributed by atoms with Gasteiger partial charge in [-0.2, -0.15) is 0 Å². The van der Waals surface area contributed by atoms with Gasteiger partial charge in [-0.15, -0.1) is 0 Å². The molecule has 0 aliphatic heterocycles. The van der Waals surface area contributed by atoms with Crippen molar-refractivity contribution >= 4 is 11.6 Å². The van der Waals surface area contributed by atoms with E-state index in [1.807, 2.05) is 36.4 Å². The number of hydrogen-bond acceptors (Lipinski definition) is 2. The van der Waals surface area contributed by atoms with Crippen molar-refractivity contribution < 1.29 is 4.79 Å². The van der Waals surface area contributed by atoms with Gasteiger partial charge in [0.1, 0.15) is 0 Å². The Balaban J connectivity index is 1.64. The fraction of sp³-hybridized carbons (Fsp3) is 0.350. The number of hydrogen-bond donors (Lipinski definition) is 1. The maximum Gasteiger partial charge on any atom is 0.238 e. The molecular formula is C20H24N2O. The van der Waals surface area contributed by atoms with Crippen LogP contribution >= 0.6 is 0 Å². The molecule has 2 aromatic rings. The van der Waals surface area contributed by atoms with E-state index in [0.29, 0.717) is 12.6 Å². The zero-order valence-corrected chi connectivity index (χ0v) is 13.6. The lowest BCUT2D eigenvalue weighted by atomic mass is 10.1. The molecule has 1 N–H and O–H groups in total. The number of anilines is 1. The number of carbonyl (C=O) groups excluding carboxylic acids is 1. The Kier molecular flexibility index (Phi) is 5.09. The van der Waals surface area contributed by atoms with Crippen LogP contribution in [0.5, 0.6) is 0 Å². The predicted octanol–water partition coefficient (Wildman–Crippen LogP) is 3.93. The van der Waals surface area contributed by atoms with Crippen LogP contribution in [0.15, 0.2) is 60.7 Å². The van der Waals surface area contributed by atoms with Crippen molar-refractivity contribution in [3.63, 3.8) is 0 Å². The number of benzene rings is 2. The molecule has 0 spiro atoms. The number of rotatable bonds is 7. The molecule has 0 aromatic heterocycles. The van der Waals surface area contributed by atoms with Crippen LogP contribution in [0.2, 0.25) is 0 Å². The van der Waals surface area contributed by atoms with Crippen LogP contribution in [-0.4, -0.2) is 23.4 Å². The van der Waals surface area contributed by atoms with E-state index >= 15 is 0 Å². The number of nitrogens with zero attached hydrogens (tertiary/aromatic N) is 1. The van der Waals surface area contributed by atoms with Crippen LogP contribution in [0.1, 0.15) is 25.3 Å². The predicted molar refractivity (Wildman–Crippen MR) is 94.1 cm³/mol. The maximum absolute atomic E-state index is 12.4. The lowest BCUT2D eigenvalue weighted by molar-refractivity contribution is -0.118. The lowest BCUT2D eigenvalue weighted by Gasteiger charge is -2.28. The molecule has 1 fully saturated rings. The second-order valence-electron chi connectivity index (χ2n) is 6.38. The average Bonchev–Trinajstić information content (AvgIpc) is 3.40. The largest absolute Gasteiger partial charge is 0.325 e. The van der Waals surface area contributed by atoms with Gasteiger partial charge in [-0.25, -0.2) is 0 Å². The summed E-state index contributed by atoms with van der Waals surface area (Å²) < 4.78 is 0. The third-order valence-corrected chi connectivity index (χ3v) is 4.51. The summed E-state index contributed by atoms with van der Waals surface area (Å²) in [6, 6.07) is 20.5. The Morgan fingerprint density at radius 1 is 1.09 bits per heavy atom. The zero-order chi connectivity index (χ0) is 16.1. The first-order valence-electron chi connectivity index (χ1n) is 8.35. The molecular weight excluding hydrogens is 284 g/mol. The highest BCUT2D eigenvalue weighted by atomic mass is 16.2. The average molecular weight is 308 g/mol. The molecule has 0 saturated heterocycles. The number of amides is 1. The van der Waals surface area contributed by atoms with Crippen molar-refractivity contribution in [3.05, 3.63) is 66.2 Å². The molecule has 3 rings (SSSR count). The minimum atomic E-state index is 0.0552. The molecule has 120 valence electrons. The van der Waals surface area contributed by atoms with Crippen molar-refractivity contribution in [2.24, 2.45) is 5.92 Å². The van der Waals surface area contributed by atoms with Crippen molar-refractivity contribution in [3.8, 4) is 0 Å². The Morgan fingerprint density at radius 3 is 2.30 bits per heavy atom. The fourth-order valence-corrected chi connectivity index (χ4v) is 2.95. The van der Waals surface area contributed by atoms with Crippen LogP contribution in [0.25, 0.3) is 0 Å². The van der Waals surface area contributed by atoms with Gasteiger partial charge < -0.3 is 5.32 Å². The summed E-state index contributed by atoms with van der Waals surface area (Å²) in [4.78, 5) is 14.7. The van der Waals surface area contributed by atoms with Crippen LogP contribution in [0.3, 0.4) is 0 Å². The third-order valence-electron chi connectivity index (χ3n) is 4.51.